The number of carbonyl (C=O) groups excluding carboxylic acids is 1. The molecule has 0 aliphatic carbocycles. The van der Waals surface area contributed by atoms with Crippen molar-refractivity contribution in [1.82, 2.24) is 0 Å². The maximum atomic E-state index is 12.5. The van der Waals surface area contributed by atoms with E-state index in [2.05, 4.69) is 14.5 Å². The largest absolute Gasteiger partial charge is 0.435 e. The third-order valence-electron chi connectivity index (χ3n) is 3.35. The summed E-state index contributed by atoms with van der Waals surface area (Å²) in [6, 6.07) is 11.3. The average Bonchev–Trinajstić information content (AvgIpc) is 2.97. The van der Waals surface area contributed by atoms with Crippen LogP contribution < -0.4 is 9.47 Å². The van der Waals surface area contributed by atoms with Gasteiger partial charge in [0.2, 0.25) is 5.90 Å². The lowest BCUT2D eigenvalue weighted by atomic mass is 10.1. The van der Waals surface area contributed by atoms with Gasteiger partial charge in [-0.25, -0.2) is 9.79 Å². The molecule has 0 fully saturated rings. The fraction of sp³-hybridized carbons (Fsp3) is 0.111. The second kappa shape index (κ2) is 7.90. The van der Waals surface area contributed by atoms with Crippen molar-refractivity contribution >= 4 is 17.9 Å². The second-order valence-electron chi connectivity index (χ2n) is 5.16. The van der Waals surface area contributed by atoms with E-state index < -0.39 is 19.2 Å². The molecule has 0 spiro atoms. The molecule has 1 aliphatic rings. The van der Waals surface area contributed by atoms with Crippen LogP contribution in [0.15, 0.2) is 59.2 Å². The van der Waals surface area contributed by atoms with E-state index in [1.54, 1.807) is 6.07 Å². The van der Waals surface area contributed by atoms with Crippen LogP contribution in [0.4, 0.5) is 17.6 Å². The first-order valence-corrected chi connectivity index (χ1v) is 7.54. The second-order valence-corrected chi connectivity index (χ2v) is 5.16. The van der Waals surface area contributed by atoms with Crippen molar-refractivity contribution in [3.63, 3.8) is 0 Å². The minimum absolute atomic E-state index is 0.127. The van der Waals surface area contributed by atoms with Crippen LogP contribution in [0, 0.1) is 0 Å². The first-order chi connectivity index (χ1) is 12.9. The summed E-state index contributed by atoms with van der Waals surface area (Å²) in [5.41, 5.74) is 0.280. The summed E-state index contributed by atoms with van der Waals surface area (Å²) in [5.74, 6) is -1.21. The van der Waals surface area contributed by atoms with Crippen LogP contribution in [0.25, 0.3) is 6.08 Å². The Morgan fingerprint density at radius 1 is 0.963 bits per heavy atom. The molecule has 27 heavy (non-hydrogen) atoms. The number of benzene rings is 2. The van der Waals surface area contributed by atoms with E-state index in [0.717, 1.165) is 0 Å². The van der Waals surface area contributed by atoms with Crippen molar-refractivity contribution in [3.05, 3.63) is 65.4 Å². The van der Waals surface area contributed by atoms with Crippen LogP contribution >= 0.6 is 0 Å². The summed E-state index contributed by atoms with van der Waals surface area (Å²) >= 11 is 0. The molecule has 5 nitrogen and oxygen atoms in total. The number of halogens is 4. The first-order valence-electron chi connectivity index (χ1n) is 7.54. The topological polar surface area (TPSA) is 57.1 Å². The molecule has 140 valence electrons. The summed E-state index contributed by atoms with van der Waals surface area (Å²) < 4.78 is 63.3. The Bertz CT molecular complexity index is 912. The smallest absolute Gasteiger partial charge is 0.387 e. The van der Waals surface area contributed by atoms with E-state index in [1.807, 2.05) is 0 Å². The van der Waals surface area contributed by atoms with Crippen LogP contribution in [-0.4, -0.2) is 25.1 Å². The van der Waals surface area contributed by atoms with Gasteiger partial charge in [-0.1, -0.05) is 24.3 Å². The molecular formula is C18H11F4NO4. The number of carbonyl (C=O) groups is 1. The SMILES string of the molecule is O=C1OC(c2cccc(OC(F)F)c2)=N/C1=C/c1ccccc1OC(F)F. The fourth-order valence-electron chi connectivity index (χ4n) is 2.29. The Morgan fingerprint density at radius 2 is 1.70 bits per heavy atom. The number of cyclic esters (lactones) is 1. The first kappa shape index (κ1) is 18.4. The molecule has 0 bridgehead atoms. The lowest BCUT2D eigenvalue weighted by Gasteiger charge is -2.07. The van der Waals surface area contributed by atoms with Crippen LogP contribution in [-0.2, 0) is 9.53 Å². The molecule has 0 amide bonds. The zero-order valence-corrected chi connectivity index (χ0v) is 13.4. The number of rotatable bonds is 6. The highest BCUT2D eigenvalue weighted by Crippen LogP contribution is 2.26. The molecule has 0 saturated heterocycles. The summed E-state index contributed by atoms with van der Waals surface area (Å²) in [5, 5.41) is 0. The van der Waals surface area contributed by atoms with E-state index in [9.17, 15) is 22.4 Å². The Hall–Kier alpha value is -3.36. The highest BCUT2D eigenvalue weighted by Gasteiger charge is 2.25. The number of esters is 1. The molecule has 1 heterocycles. The van der Waals surface area contributed by atoms with Crippen molar-refractivity contribution < 1.29 is 36.6 Å². The Morgan fingerprint density at radius 3 is 2.44 bits per heavy atom. The van der Waals surface area contributed by atoms with Gasteiger partial charge in [0.1, 0.15) is 11.5 Å². The third-order valence-corrected chi connectivity index (χ3v) is 3.35. The zero-order valence-electron chi connectivity index (χ0n) is 13.4. The molecule has 2 aromatic carbocycles. The molecule has 0 atom stereocenters. The Labute approximate surface area is 150 Å². The van der Waals surface area contributed by atoms with Crippen LogP contribution in [0.2, 0.25) is 0 Å². The van der Waals surface area contributed by atoms with Gasteiger partial charge in [-0.05, 0) is 30.3 Å². The van der Waals surface area contributed by atoms with E-state index in [-0.39, 0.29) is 34.2 Å². The molecule has 3 rings (SSSR count). The van der Waals surface area contributed by atoms with E-state index in [1.165, 1.54) is 48.5 Å². The van der Waals surface area contributed by atoms with Gasteiger partial charge in [0.25, 0.3) is 0 Å². The average molecular weight is 381 g/mol. The maximum Gasteiger partial charge on any atom is 0.387 e. The number of para-hydroxylation sites is 1. The number of hydrogen-bond acceptors (Lipinski definition) is 5. The standard InChI is InChI=1S/C18H11F4NO4/c19-17(20)25-12-6-3-5-11(8-12)15-23-13(16(24)27-15)9-10-4-1-2-7-14(10)26-18(21)22/h1-9,17-18H/b13-9+. The zero-order chi connectivity index (χ0) is 19.4. The summed E-state index contributed by atoms with van der Waals surface area (Å²) in [6.45, 7) is -6.04. The molecule has 1 aliphatic heterocycles. The molecule has 0 aromatic heterocycles. The van der Waals surface area contributed by atoms with E-state index in [4.69, 9.17) is 4.74 Å². The van der Waals surface area contributed by atoms with Crippen LogP contribution in [0.1, 0.15) is 11.1 Å². The summed E-state index contributed by atoms with van der Waals surface area (Å²) in [4.78, 5) is 16.0. The normalized spacial score (nSPS) is 15.3. The molecule has 0 radical (unpaired) electrons. The number of hydrogen-bond donors (Lipinski definition) is 0. The lowest BCUT2D eigenvalue weighted by Crippen LogP contribution is -2.07. The molecule has 0 N–H and O–H groups in total. The number of nitrogens with zero attached hydrogens (tertiary/aromatic N) is 1. The van der Waals surface area contributed by atoms with E-state index in [0.29, 0.717) is 0 Å². The van der Waals surface area contributed by atoms with Crippen molar-refractivity contribution in [2.75, 3.05) is 0 Å². The highest BCUT2D eigenvalue weighted by atomic mass is 19.3. The lowest BCUT2D eigenvalue weighted by molar-refractivity contribution is -0.129. The van der Waals surface area contributed by atoms with Crippen LogP contribution in [0.3, 0.4) is 0 Å². The van der Waals surface area contributed by atoms with Crippen molar-refractivity contribution in [1.29, 1.82) is 0 Å². The predicted molar refractivity (Wildman–Crippen MR) is 86.8 cm³/mol. The minimum atomic E-state index is -3.03. The van der Waals surface area contributed by atoms with Crippen molar-refractivity contribution in [2.24, 2.45) is 4.99 Å². The highest BCUT2D eigenvalue weighted by molar-refractivity contribution is 6.13. The van der Waals surface area contributed by atoms with Gasteiger partial charge in [-0.2, -0.15) is 17.6 Å². The Balaban J connectivity index is 1.90. The van der Waals surface area contributed by atoms with Gasteiger partial charge in [0, 0.05) is 11.1 Å². The molecule has 0 saturated carbocycles. The quantitative estimate of drug-likeness (QED) is 0.427. The molecular weight excluding hydrogens is 370 g/mol. The Kier molecular flexibility index (Phi) is 5.39. The van der Waals surface area contributed by atoms with Gasteiger partial charge in [-0.15, -0.1) is 0 Å². The number of aliphatic imine (C=N–C) groups is 1. The fourth-order valence-corrected chi connectivity index (χ4v) is 2.29. The van der Waals surface area contributed by atoms with Crippen molar-refractivity contribution in [3.8, 4) is 11.5 Å². The summed E-state index contributed by atoms with van der Waals surface area (Å²) in [7, 11) is 0. The predicted octanol–water partition coefficient (Wildman–Crippen LogP) is 4.23. The van der Waals surface area contributed by atoms with E-state index >= 15 is 0 Å². The van der Waals surface area contributed by atoms with Crippen LogP contribution in [0.5, 0.6) is 11.5 Å². The minimum Gasteiger partial charge on any atom is -0.435 e. The number of alkyl halides is 4. The van der Waals surface area contributed by atoms with Crippen molar-refractivity contribution in [2.45, 2.75) is 13.2 Å². The molecule has 2 aromatic rings. The monoisotopic (exact) mass is 381 g/mol. The van der Waals surface area contributed by atoms with Gasteiger partial charge >= 0.3 is 19.2 Å². The van der Waals surface area contributed by atoms with Gasteiger partial charge in [0.05, 0.1) is 0 Å². The summed E-state index contributed by atoms with van der Waals surface area (Å²) in [6.07, 6.45) is 1.23. The van der Waals surface area contributed by atoms with Gasteiger partial charge in [-0.3, -0.25) is 0 Å². The molecule has 0 unspecified atom stereocenters. The number of ether oxygens (including phenoxy) is 3. The maximum absolute atomic E-state index is 12.5. The molecule has 9 heteroatoms. The van der Waals surface area contributed by atoms with Gasteiger partial charge in [0.15, 0.2) is 5.70 Å². The van der Waals surface area contributed by atoms with Gasteiger partial charge < -0.3 is 14.2 Å². The third kappa shape index (κ3) is 4.63.